The SMILES string of the molecule is O=C(O)[C](=O)[Sn]. The molecule has 31 valence electrons. The molecule has 0 aromatic rings. The number of carbonyl (C=O) groups excluding carboxylic acids is 1. The Morgan fingerprint density at radius 2 is 1.67 bits per heavy atom. The third-order valence-corrected chi connectivity index (χ3v) is 0.805. The molecular formula is C2HO3Sn. The Labute approximate surface area is 47.4 Å². The second kappa shape index (κ2) is 2.17. The molecule has 0 aliphatic heterocycles. The van der Waals surface area contributed by atoms with Gasteiger partial charge in [0, 0.05) is 0 Å². The summed E-state index contributed by atoms with van der Waals surface area (Å²) in [4.78, 5) is 19.0. The van der Waals surface area contributed by atoms with Crippen molar-refractivity contribution in [2.45, 2.75) is 0 Å². The van der Waals surface area contributed by atoms with Crippen molar-refractivity contribution in [3.63, 3.8) is 0 Å². The number of rotatable bonds is 1. The molecule has 0 aliphatic carbocycles. The van der Waals surface area contributed by atoms with E-state index in [1.165, 1.54) is 0 Å². The molecule has 0 atom stereocenters. The van der Waals surface area contributed by atoms with Gasteiger partial charge in [0.1, 0.15) is 0 Å². The van der Waals surface area contributed by atoms with E-state index in [1.807, 2.05) is 0 Å². The molecule has 0 spiro atoms. The summed E-state index contributed by atoms with van der Waals surface area (Å²) in [5.41, 5.74) is 0. The molecule has 0 amide bonds. The van der Waals surface area contributed by atoms with Crippen molar-refractivity contribution >= 4 is 32.3 Å². The van der Waals surface area contributed by atoms with Crippen LogP contribution in [0.3, 0.4) is 0 Å². The van der Waals surface area contributed by atoms with Crippen LogP contribution in [0.25, 0.3) is 0 Å². The third kappa shape index (κ3) is 2.19. The van der Waals surface area contributed by atoms with Crippen LogP contribution in [-0.2, 0) is 9.59 Å². The molecule has 0 aromatic carbocycles. The number of carbonyl (C=O) groups is 2. The van der Waals surface area contributed by atoms with Crippen LogP contribution in [0.5, 0.6) is 0 Å². The molecule has 4 heteroatoms. The molecule has 3 nitrogen and oxygen atoms in total. The number of aliphatic carboxylic acids is 1. The Hall–Kier alpha value is -0.0613. The number of hydrogen-bond acceptors (Lipinski definition) is 2. The molecule has 0 unspecified atom stereocenters. The number of carboxylic acid groups (broad SMARTS) is 1. The first kappa shape index (κ1) is 5.94. The molecule has 0 rings (SSSR count). The molecule has 3 radical (unpaired) electrons. The van der Waals surface area contributed by atoms with Gasteiger partial charge in [0.25, 0.3) is 0 Å². The van der Waals surface area contributed by atoms with Gasteiger partial charge in [-0.25, -0.2) is 0 Å². The summed E-state index contributed by atoms with van der Waals surface area (Å²) in [7, 11) is 0. The fourth-order valence-corrected chi connectivity index (χ4v) is 0. The zero-order valence-electron chi connectivity index (χ0n) is 2.76. The van der Waals surface area contributed by atoms with Gasteiger partial charge in [-0.3, -0.25) is 0 Å². The Morgan fingerprint density at radius 3 is 1.67 bits per heavy atom. The van der Waals surface area contributed by atoms with E-state index < -0.39 is 9.77 Å². The molecule has 0 aromatic heterocycles. The van der Waals surface area contributed by atoms with Crippen molar-refractivity contribution in [2.75, 3.05) is 0 Å². The topological polar surface area (TPSA) is 54.4 Å². The Morgan fingerprint density at radius 1 is 1.50 bits per heavy atom. The van der Waals surface area contributed by atoms with Gasteiger partial charge in [-0.2, -0.15) is 0 Å². The van der Waals surface area contributed by atoms with Gasteiger partial charge in [0.2, 0.25) is 0 Å². The van der Waals surface area contributed by atoms with Gasteiger partial charge < -0.3 is 0 Å². The third-order valence-electron chi connectivity index (χ3n) is 0.194. The molecule has 0 saturated carbocycles. The van der Waals surface area contributed by atoms with Crippen LogP contribution in [-0.4, -0.2) is 37.4 Å². The predicted molar refractivity (Wildman–Crippen MR) is 18.4 cm³/mol. The Kier molecular flexibility index (Phi) is 2.15. The quantitative estimate of drug-likeness (QED) is 0.417. The molecule has 0 heterocycles. The van der Waals surface area contributed by atoms with Crippen molar-refractivity contribution in [2.24, 2.45) is 0 Å². The standard InChI is InChI=1S/C2HO3.Sn/c3-1-2(4)5;/h(H,4,5);. The van der Waals surface area contributed by atoms with E-state index >= 15 is 0 Å². The maximum absolute atomic E-state index is 9.58. The van der Waals surface area contributed by atoms with Crippen molar-refractivity contribution in [1.29, 1.82) is 0 Å². The zero-order valence-corrected chi connectivity index (χ0v) is 5.62. The van der Waals surface area contributed by atoms with Gasteiger partial charge in [0.15, 0.2) is 0 Å². The summed E-state index contributed by atoms with van der Waals surface area (Å²) < 4.78 is -0.734. The van der Waals surface area contributed by atoms with Crippen molar-refractivity contribution in [3.05, 3.63) is 0 Å². The van der Waals surface area contributed by atoms with Gasteiger partial charge >= 0.3 is 47.0 Å². The second-order valence-corrected chi connectivity index (χ2v) is 1.93. The van der Waals surface area contributed by atoms with Crippen LogP contribution in [0, 0.1) is 0 Å². The van der Waals surface area contributed by atoms with Gasteiger partial charge in [-0.05, 0) is 0 Å². The van der Waals surface area contributed by atoms with Crippen LogP contribution < -0.4 is 0 Å². The first-order valence-corrected chi connectivity index (χ1v) is 2.56. The summed E-state index contributed by atoms with van der Waals surface area (Å²) in [5.74, 6) is -1.34. The monoisotopic (exact) mass is 193 g/mol. The van der Waals surface area contributed by atoms with Crippen LogP contribution in [0.1, 0.15) is 0 Å². The zero-order chi connectivity index (χ0) is 5.15. The van der Waals surface area contributed by atoms with E-state index in [-0.39, 0.29) is 0 Å². The van der Waals surface area contributed by atoms with E-state index in [0.29, 0.717) is 22.5 Å². The molecule has 0 fully saturated rings. The molecule has 1 N–H and O–H groups in total. The van der Waals surface area contributed by atoms with Crippen LogP contribution >= 0.6 is 0 Å². The van der Waals surface area contributed by atoms with E-state index in [0.717, 1.165) is 0 Å². The molecule has 0 saturated heterocycles. The summed E-state index contributed by atoms with van der Waals surface area (Å²) in [5, 5.41) is 7.66. The second-order valence-electron chi connectivity index (χ2n) is 0.634. The van der Waals surface area contributed by atoms with Gasteiger partial charge in [-0.1, -0.05) is 0 Å². The van der Waals surface area contributed by atoms with E-state index in [2.05, 4.69) is 0 Å². The minimum absolute atomic E-state index is 0.427. The summed E-state index contributed by atoms with van der Waals surface area (Å²) >= 11 is 0.427. The maximum atomic E-state index is 9.58. The van der Waals surface area contributed by atoms with Gasteiger partial charge in [0.05, 0.1) is 0 Å². The first-order chi connectivity index (χ1) is 2.64. The Balaban J connectivity index is 3.57. The van der Waals surface area contributed by atoms with Crippen LogP contribution in [0.15, 0.2) is 0 Å². The van der Waals surface area contributed by atoms with E-state index in [9.17, 15) is 9.59 Å². The number of hydrogen-bond donors (Lipinski definition) is 1. The predicted octanol–water partition coefficient (Wildman–Crippen LogP) is -1.23. The van der Waals surface area contributed by atoms with E-state index in [4.69, 9.17) is 5.11 Å². The average Bonchev–Trinajstić information content (AvgIpc) is 1.36. The first-order valence-electron chi connectivity index (χ1n) is 1.13. The van der Waals surface area contributed by atoms with Gasteiger partial charge in [-0.15, -0.1) is 0 Å². The fraction of sp³-hybridized carbons (Fsp3) is 0. The normalized spacial score (nSPS) is 7.50. The average molecular weight is 192 g/mol. The van der Waals surface area contributed by atoms with Crippen molar-refractivity contribution in [1.82, 2.24) is 0 Å². The fourth-order valence-electron chi connectivity index (χ4n) is 0. The summed E-state index contributed by atoms with van der Waals surface area (Å²) in [6, 6.07) is 0. The Bertz CT molecular complexity index is 74.8. The van der Waals surface area contributed by atoms with Crippen molar-refractivity contribution < 1.29 is 14.7 Å². The van der Waals surface area contributed by atoms with E-state index in [1.54, 1.807) is 0 Å². The molecular weight excluding hydrogens is 191 g/mol. The van der Waals surface area contributed by atoms with Crippen LogP contribution in [0.2, 0.25) is 0 Å². The van der Waals surface area contributed by atoms with Crippen molar-refractivity contribution in [3.8, 4) is 0 Å². The molecule has 0 aliphatic rings. The van der Waals surface area contributed by atoms with Crippen LogP contribution in [0.4, 0.5) is 0 Å². The molecule has 6 heavy (non-hydrogen) atoms. The summed E-state index contributed by atoms with van der Waals surface area (Å²) in [6.07, 6.45) is 0. The molecule has 0 bridgehead atoms. The summed E-state index contributed by atoms with van der Waals surface area (Å²) in [6.45, 7) is 0. The number of carboxylic acids is 1. The minimum atomic E-state index is -1.34.